The van der Waals surface area contributed by atoms with E-state index >= 15 is 4.39 Å². The normalized spacial score (nSPS) is 19.9. The van der Waals surface area contributed by atoms with Gasteiger partial charge in [-0.25, -0.2) is 13.9 Å². The molecule has 144 valence electrons. The molecule has 1 aliphatic heterocycles. The van der Waals surface area contributed by atoms with Crippen LogP contribution in [0.4, 0.5) is 10.2 Å². The summed E-state index contributed by atoms with van der Waals surface area (Å²) in [6.07, 6.45) is 1.97. The van der Waals surface area contributed by atoms with Crippen molar-refractivity contribution in [2.75, 3.05) is 18.0 Å². The van der Waals surface area contributed by atoms with E-state index in [1.165, 1.54) is 13.8 Å². The lowest BCUT2D eigenvalue weighted by atomic mass is 9.87. The summed E-state index contributed by atoms with van der Waals surface area (Å²) in [6, 6.07) is 11.3. The summed E-state index contributed by atoms with van der Waals surface area (Å²) < 4.78 is 16.9. The topological polar surface area (TPSA) is 77.5 Å². The summed E-state index contributed by atoms with van der Waals surface area (Å²) in [7, 11) is 0. The van der Waals surface area contributed by atoms with E-state index < -0.39 is 11.3 Å². The number of hydrogen-bond acceptors (Lipinski definition) is 5. The minimum atomic E-state index is -1.69. The van der Waals surface area contributed by atoms with E-state index in [1.807, 2.05) is 30.0 Å². The first kappa shape index (κ1) is 18.4. The predicted octanol–water partition coefficient (Wildman–Crippen LogP) is 3.27. The molecule has 1 fully saturated rings. The Bertz CT molecular complexity index is 1090. The smallest absolute Gasteiger partial charge is 0.157 e. The van der Waals surface area contributed by atoms with Crippen molar-refractivity contribution in [1.29, 1.82) is 5.26 Å². The molecule has 1 atom stereocenters. The molecule has 1 aromatic carbocycles. The molecular weight excluding hydrogens is 357 g/mol. The van der Waals surface area contributed by atoms with Gasteiger partial charge in [0.2, 0.25) is 0 Å². The van der Waals surface area contributed by atoms with E-state index in [-0.39, 0.29) is 13.0 Å². The first-order valence-corrected chi connectivity index (χ1v) is 9.24. The maximum Gasteiger partial charge on any atom is 0.157 e. The van der Waals surface area contributed by atoms with E-state index in [1.54, 1.807) is 22.8 Å². The predicted molar refractivity (Wildman–Crippen MR) is 105 cm³/mol. The Labute approximate surface area is 162 Å². The van der Waals surface area contributed by atoms with Crippen LogP contribution in [0.15, 0.2) is 36.5 Å². The van der Waals surface area contributed by atoms with Gasteiger partial charge < -0.3 is 10.0 Å². The molecule has 6 nitrogen and oxygen atoms in total. The number of halogens is 1. The summed E-state index contributed by atoms with van der Waals surface area (Å²) in [5.41, 5.74) is 0.647. The lowest BCUT2D eigenvalue weighted by Gasteiger charge is -2.33. The second kappa shape index (κ2) is 6.28. The number of anilines is 1. The largest absolute Gasteiger partial charge is 0.387 e. The Morgan fingerprint density at radius 3 is 2.79 bits per heavy atom. The number of benzene rings is 1. The number of aromatic nitrogens is 3. The van der Waals surface area contributed by atoms with Gasteiger partial charge in [-0.1, -0.05) is 12.1 Å². The Kier molecular flexibility index (Phi) is 4.12. The third-order valence-electron chi connectivity index (χ3n) is 5.56. The van der Waals surface area contributed by atoms with Crippen LogP contribution < -0.4 is 4.90 Å². The molecule has 2 aromatic heterocycles. The molecule has 0 aliphatic carbocycles. The number of fused-ring (bicyclic) bond motifs is 1. The van der Waals surface area contributed by atoms with Crippen molar-refractivity contribution < 1.29 is 9.50 Å². The van der Waals surface area contributed by atoms with Gasteiger partial charge in [0.1, 0.15) is 0 Å². The van der Waals surface area contributed by atoms with Crippen LogP contribution in [0, 0.1) is 18.3 Å². The first-order chi connectivity index (χ1) is 13.2. The van der Waals surface area contributed by atoms with Gasteiger partial charge >= 0.3 is 0 Å². The summed E-state index contributed by atoms with van der Waals surface area (Å²) in [6.45, 7) is 5.51. The molecule has 7 heteroatoms. The number of alkyl halides is 1. The monoisotopic (exact) mass is 379 g/mol. The maximum atomic E-state index is 15.2. The van der Waals surface area contributed by atoms with Crippen molar-refractivity contribution in [2.24, 2.45) is 0 Å². The third-order valence-corrected chi connectivity index (χ3v) is 5.56. The average molecular weight is 379 g/mol. The van der Waals surface area contributed by atoms with Crippen LogP contribution in [-0.4, -0.2) is 44.1 Å². The molecule has 1 N–H and O–H groups in total. The molecule has 1 aliphatic rings. The second-order valence-corrected chi connectivity index (χ2v) is 7.95. The number of aryl methyl sites for hydroxylation is 1. The molecule has 0 bridgehead atoms. The van der Waals surface area contributed by atoms with Gasteiger partial charge in [-0.15, -0.1) is 5.10 Å². The molecule has 28 heavy (non-hydrogen) atoms. The fraction of sp³-hybridized carbons (Fsp3) is 0.381. The number of aliphatic hydroxyl groups is 1. The highest BCUT2D eigenvalue weighted by Crippen LogP contribution is 2.38. The molecule has 0 saturated carbocycles. The van der Waals surface area contributed by atoms with Crippen LogP contribution >= 0.6 is 0 Å². The number of rotatable bonds is 3. The molecular formula is C21H22FN5O. The van der Waals surface area contributed by atoms with E-state index in [9.17, 15) is 5.11 Å². The summed E-state index contributed by atoms with van der Waals surface area (Å²) >= 11 is 0. The lowest BCUT2D eigenvalue weighted by molar-refractivity contribution is -0.0649. The van der Waals surface area contributed by atoms with Crippen molar-refractivity contribution in [3.63, 3.8) is 0 Å². The molecule has 3 aromatic rings. The van der Waals surface area contributed by atoms with Gasteiger partial charge in [0, 0.05) is 18.5 Å². The van der Waals surface area contributed by atoms with E-state index in [4.69, 9.17) is 10.4 Å². The van der Waals surface area contributed by atoms with Gasteiger partial charge in [-0.3, -0.25) is 0 Å². The molecule has 4 rings (SSSR count). The van der Waals surface area contributed by atoms with Crippen molar-refractivity contribution in [3.05, 3.63) is 47.7 Å². The van der Waals surface area contributed by atoms with Crippen LogP contribution in [0.1, 0.15) is 31.4 Å². The quantitative estimate of drug-likeness (QED) is 0.756. The molecule has 3 heterocycles. The van der Waals surface area contributed by atoms with Gasteiger partial charge in [-0.05, 0) is 44.5 Å². The zero-order chi connectivity index (χ0) is 20.1. The van der Waals surface area contributed by atoms with Gasteiger partial charge in [0.15, 0.2) is 17.1 Å². The van der Waals surface area contributed by atoms with Crippen molar-refractivity contribution >= 4 is 11.5 Å². The SMILES string of the molecule is Cc1cc2ncc(-c3cccc(C#N)c3)n2nc1N1CCC(F)(C(C)(C)O)C1. The lowest BCUT2D eigenvalue weighted by Crippen LogP contribution is -2.48. The van der Waals surface area contributed by atoms with Crippen LogP contribution in [-0.2, 0) is 0 Å². The van der Waals surface area contributed by atoms with E-state index in [2.05, 4.69) is 11.1 Å². The maximum absolute atomic E-state index is 15.2. The third kappa shape index (κ3) is 2.90. The molecule has 0 radical (unpaired) electrons. The second-order valence-electron chi connectivity index (χ2n) is 7.95. The fourth-order valence-corrected chi connectivity index (χ4v) is 3.71. The molecule has 1 unspecified atom stereocenters. The van der Waals surface area contributed by atoms with Crippen LogP contribution in [0.5, 0.6) is 0 Å². The number of imidazole rings is 1. The molecule has 1 saturated heterocycles. The van der Waals surface area contributed by atoms with Gasteiger partial charge in [-0.2, -0.15) is 5.26 Å². The van der Waals surface area contributed by atoms with Crippen LogP contribution in [0.2, 0.25) is 0 Å². The number of hydrogen-bond donors (Lipinski definition) is 1. The Morgan fingerprint density at radius 2 is 2.11 bits per heavy atom. The van der Waals surface area contributed by atoms with Gasteiger partial charge in [0.25, 0.3) is 0 Å². The highest BCUT2D eigenvalue weighted by atomic mass is 19.1. The Hall–Kier alpha value is -2.98. The molecule has 0 spiro atoms. The zero-order valence-electron chi connectivity index (χ0n) is 16.1. The highest BCUT2D eigenvalue weighted by molar-refractivity contribution is 5.66. The molecule has 0 amide bonds. The summed E-state index contributed by atoms with van der Waals surface area (Å²) in [5.74, 6) is 0.673. The highest BCUT2D eigenvalue weighted by Gasteiger charge is 2.50. The first-order valence-electron chi connectivity index (χ1n) is 9.24. The minimum absolute atomic E-state index is 0.0871. The van der Waals surface area contributed by atoms with Crippen LogP contribution in [0.25, 0.3) is 16.9 Å². The fourth-order valence-electron chi connectivity index (χ4n) is 3.71. The minimum Gasteiger partial charge on any atom is -0.387 e. The zero-order valence-corrected chi connectivity index (χ0v) is 16.1. The summed E-state index contributed by atoms with van der Waals surface area (Å²) in [4.78, 5) is 6.31. The Balaban J connectivity index is 1.77. The van der Waals surface area contributed by atoms with Crippen LogP contribution in [0.3, 0.4) is 0 Å². The van der Waals surface area contributed by atoms with E-state index in [0.717, 1.165) is 16.8 Å². The average Bonchev–Trinajstić information content (AvgIpc) is 3.25. The van der Waals surface area contributed by atoms with Gasteiger partial charge in [0.05, 0.1) is 35.7 Å². The van der Waals surface area contributed by atoms with Crippen molar-refractivity contribution in [1.82, 2.24) is 14.6 Å². The standard InChI is InChI=1S/C21H22FN5O/c1-14-9-18-24-12-17(16-6-4-5-15(10-16)11-23)27(18)25-19(14)26-8-7-21(22,13-26)20(2,3)28/h4-6,9-10,12,28H,7-8,13H2,1-3H3. The van der Waals surface area contributed by atoms with E-state index in [0.29, 0.717) is 23.6 Å². The van der Waals surface area contributed by atoms with Crippen molar-refractivity contribution in [2.45, 2.75) is 38.5 Å². The Morgan fingerprint density at radius 1 is 1.32 bits per heavy atom. The number of nitriles is 1. The number of nitrogens with zero attached hydrogens (tertiary/aromatic N) is 5. The summed E-state index contributed by atoms with van der Waals surface area (Å²) in [5, 5.41) is 24.1. The van der Waals surface area contributed by atoms with Crippen molar-refractivity contribution in [3.8, 4) is 17.3 Å².